The minimum Gasteiger partial charge on any atom is -0.361 e. The van der Waals surface area contributed by atoms with Crippen molar-refractivity contribution in [1.29, 1.82) is 0 Å². The zero-order chi connectivity index (χ0) is 18.9. The van der Waals surface area contributed by atoms with Crippen LogP contribution < -0.4 is 16.2 Å². The molecular formula is C22H23N3OS. The molecule has 0 unspecified atom stereocenters. The molecule has 3 N–H and O–H groups in total. The van der Waals surface area contributed by atoms with Crippen LogP contribution in [0.2, 0.25) is 0 Å². The van der Waals surface area contributed by atoms with Crippen LogP contribution in [-0.2, 0) is 17.6 Å². The normalized spacial score (nSPS) is 10.4. The van der Waals surface area contributed by atoms with E-state index in [-0.39, 0.29) is 5.91 Å². The van der Waals surface area contributed by atoms with Crippen molar-refractivity contribution in [1.82, 2.24) is 16.2 Å². The summed E-state index contributed by atoms with van der Waals surface area (Å²) in [6.45, 7) is 0.750. The van der Waals surface area contributed by atoms with Crippen LogP contribution >= 0.6 is 12.2 Å². The van der Waals surface area contributed by atoms with Gasteiger partial charge in [0.05, 0.1) is 6.42 Å². The van der Waals surface area contributed by atoms with Gasteiger partial charge in [-0.1, -0.05) is 72.8 Å². The molecule has 0 atom stereocenters. The summed E-state index contributed by atoms with van der Waals surface area (Å²) >= 11 is 5.21. The second-order valence-electron chi connectivity index (χ2n) is 6.33. The summed E-state index contributed by atoms with van der Waals surface area (Å²) in [5, 5.41) is 5.76. The number of fused-ring (bicyclic) bond motifs is 1. The third kappa shape index (κ3) is 5.79. The molecular weight excluding hydrogens is 354 g/mol. The smallest absolute Gasteiger partial charge is 0.242 e. The van der Waals surface area contributed by atoms with Gasteiger partial charge in [-0.15, -0.1) is 0 Å². The van der Waals surface area contributed by atoms with Crippen LogP contribution in [0, 0.1) is 0 Å². The molecule has 0 saturated carbocycles. The van der Waals surface area contributed by atoms with Crippen molar-refractivity contribution in [2.45, 2.75) is 19.3 Å². The van der Waals surface area contributed by atoms with E-state index in [1.165, 1.54) is 5.56 Å². The van der Waals surface area contributed by atoms with E-state index in [1.807, 2.05) is 60.7 Å². The number of thiocarbonyl (C=S) groups is 1. The molecule has 0 aliphatic heterocycles. The predicted molar refractivity (Wildman–Crippen MR) is 114 cm³/mol. The molecule has 3 aromatic carbocycles. The summed E-state index contributed by atoms with van der Waals surface area (Å²) in [6.07, 6.45) is 2.25. The van der Waals surface area contributed by atoms with Crippen LogP contribution in [0.25, 0.3) is 10.8 Å². The molecule has 0 bridgehead atoms. The van der Waals surface area contributed by atoms with Crippen LogP contribution in [0.5, 0.6) is 0 Å². The van der Waals surface area contributed by atoms with E-state index in [4.69, 9.17) is 12.2 Å². The molecule has 5 heteroatoms. The molecule has 1 amide bonds. The quantitative estimate of drug-likeness (QED) is 0.350. The maximum atomic E-state index is 12.2. The molecule has 0 heterocycles. The molecule has 3 rings (SSSR count). The first-order valence-corrected chi connectivity index (χ1v) is 9.46. The molecule has 138 valence electrons. The lowest BCUT2D eigenvalue weighted by molar-refractivity contribution is -0.120. The van der Waals surface area contributed by atoms with Crippen molar-refractivity contribution in [2.75, 3.05) is 6.54 Å². The van der Waals surface area contributed by atoms with Crippen molar-refractivity contribution in [3.63, 3.8) is 0 Å². The van der Waals surface area contributed by atoms with Gasteiger partial charge in [0.15, 0.2) is 5.11 Å². The van der Waals surface area contributed by atoms with Crippen LogP contribution in [0.15, 0.2) is 72.8 Å². The van der Waals surface area contributed by atoms with Crippen LogP contribution in [-0.4, -0.2) is 17.6 Å². The van der Waals surface area contributed by atoms with Gasteiger partial charge in [-0.25, -0.2) is 0 Å². The number of aryl methyl sites for hydroxylation is 1. The minimum absolute atomic E-state index is 0.125. The Morgan fingerprint density at radius 3 is 2.44 bits per heavy atom. The summed E-state index contributed by atoms with van der Waals surface area (Å²) in [4.78, 5) is 12.2. The molecule has 27 heavy (non-hydrogen) atoms. The number of carbonyl (C=O) groups is 1. The van der Waals surface area contributed by atoms with Crippen molar-refractivity contribution in [2.24, 2.45) is 0 Å². The van der Waals surface area contributed by atoms with Crippen LogP contribution in [0.3, 0.4) is 0 Å². The summed E-state index contributed by atoms with van der Waals surface area (Å²) < 4.78 is 0. The number of benzene rings is 3. The second kappa shape index (κ2) is 9.69. The largest absolute Gasteiger partial charge is 0.361 e. The monoisotopic (exact) mass is 377 g/mol. The van der Waals surface area contributed by atoms with Gasteiger partial charge in [-0.05, 0) is 47.0 Å². The molecule has 0 aliphatic carbocycles. The first kappa shape index (κ1) is 18.9. The Balaban J connectivity index is 1.39. The van der Waals surface area contributed by atoms with Crippen LogP contribution in [0.4, 0.5) is 0 Å². The van der Waals surface area contributed by atoms with E-state index < -0.39 is 0 Å². The fraction of sp³-hybridized carbons (Fsp3) is 0.182. The SMILES string of the molecule is O=C(Cc1cccc2ccccc12)NNC(=S)NCCCc1ccccc1. The molecule has 0 aliphatic rings. The standard InChI is InChI=1S/C22H23N3OS/c26-21(16-19-13-6-12-18-11-4-5-14-20(18)19)24-25-22(27)23-15-7-10-17-8-2-1-3-9-17/h1-6,8-9,11-14H,7,10,15-16H2,(H,24,26)(H2,23,25,27). The highest BCUT2D eigenvalue weighted by atomic mass is 32.1. The second-order valence-corrected chi connectivity index (χ2v) is 6.74. The number of nitrogens with one attached hydrogen (secondary N) is 3. The molecule has 0 aromatic heterocycles. The maximum Gasteiger partial charge on any atom is 0.242 e. The topological polar surface area (TPSA) is 53.2 Å². The first-order valence-electron chi connectivity index (χ1n) is 9.05. The number of carbonyl (C=O) groups excluding carboxylic acids is 1. The van der Waals surface area contributed by atoms with Crippen molar-refractivity contribution >= 4 is 34.0 Å². The number of rotatable bonds is 6. The Bertz CT molecular complexity index is 906. The average molecular weight is 378 g/mol. The lowest BCUT2D eigenvalue weighted by Crippen LogP contribution is -2.47. The fourth-order valence-electron chi connectivity index (χ4n) is 2.97. The van der Waals surface area contributed by atoms with Gasteiger partial charge < -0.3 is 5.32 Å². The van der Waals surface area contributed by atoms with E-state index in [2.05, 4.69) is 28.3 Å². The van der Waals surface area contributed by atoms with Gasteiger partial charge in [0, 0.05) is 6.54 Å². The third-order valence-electron chi connectivity index (χ3n) is 4.32. The summed E-state index contributed by atoms with van der Waals surface area (Å²) in [6, 6.07) is 24.4. The van der Waals surface area contributed by atoms with E-state index in [0.717, 1.165) is 35.7 Å². The molecule has 0 spiro atoms. The Hall–Kier alpha value is -2.92. The van der Waals surface area contributed by atoms with Gasteiger partial charge in [0.2, 0.25) is 5.91 Å². The number of amides is 1. The van der Waals surface area contributed by atoms with Gasteiger partial charge in [0.25, 0.3) is 0 Å². The van der Waals surface area contributed by atoms with Gasteiger partial charge in [-0.2, -0.15) is 0 Å². The van der Waals surface area contributed by atoms with E-state index in [1.54, 1.807) is 0 Å². The van der Waals surface area contributed by atoms with Crippen molar-refractivity contribution in [3.05, 3.63) is 83.9 Å². The lowest BCUT2D eigenvalue weighted by atomic mass is 10.0. The highest BCUT2D eigenvalue weighted by molar-refractivity contribution is 7.80. The Morgan fingerprint density at radius 1 is 0.852 bits per heavy atom. The predicted octanol–water partition coefficient (Wildman–Crippen LogP) is 3.51. The summed E-state index contributed by atoms with van der Waals surface area (Å²) in [7, 11) is 0. The average Bonchev–Trinajstić information content (AvgIpc) is 2.71. The number of hydrogen-bond acceptors (Lipinski definition) is 2. The molecule has 4 nitrogen and oxygen atoms in total. The Morgan fingerprint density at radius 2 is 1.59 bits per heavy atom. The van der Waals surface area contributed by atoms with Gasteiger partial charge >= 0.3 is 0 Å². The molecule has 0 radical (unpaired) electrons. The molecule has 0 fully saturated rings. The summed E-state index contributed by atoms with van der Waals surface area (Å²) in [5.41, 5.74) is 7.73. The van der Waals surface area contributed by atoms with E-state index in [0.29, 0.717) is 11.5 Å². The Kier molecular flexibility index (Phi) is 6.77. The Labute approximate surface area is 164 Å². The third-order valence-corrected chi connectivity index (χ3v) is 4.56. The number of hydrazine groups is 1. The zero-order valence-electron chi connectivity index (χ0n) is 15.1. The molecule has 0 saturated heterocycles. The molecule has 3 aromatic rings. The fourth-order valence-corrected chi connectivity index (χ4v) is 3.13. The van der Waals surface area contributed by atoms with E-state index in [9.17, 15) is 4.79 Å². The highest BCUT2D eigenvalue weighted by Gasteiger charge is 2.07. The minimum atomic E-state index is -0.125. The van der Waals surface area contributed by atoms with Gasteiger partial charge in [0.1, 0.15) is 0 Å². The van der Waals surface area contributed by atoms with Gasteiger partial charge in [-0.3, -0.25) is 15.6 Å². The number of hydrogen-bond donors (Lipinski definition) is 3. The van der Waals surface area contributed by atoms with Crippen molar-refractivity contribution in [3.8, 4) is 0 Å². The van der Waals surface area contributed by atoms with Crippen molar-refractivity contribution < 1.29 is 4.79 Å². The maximum absolute atomic E-state index is 12.2. The van der Waals surface area contributed by atoms with E-state index >= 15 is 0 Å². The van der Waals surface area contributed by atoms with Crippen LogP contribution in [0.1, 0.15) is 17.5 Å². The highest BCUT2D eigenvalue weighted by Crippen LogP contribution is 2.18. The zero-order valence-corrected chi connectivity index (χ0v) is 15.9. The lowest BCUT2D eigenvalue weighted by Gasteiger charge is -2.12. The summed E-state index contributed by atoms with van der Waals surface area (Å²) in [5.74, 6) is -0.125. The first-order chi connectivity index (χ1) is 13.2.